The van der Waals surface area contributed by atoms with Crippen molar-refractivity contribution < 1.29 is 8.42 Å². The SMILES string of the molecule is Cc1ccc(C)c(S(=O)(=O)N(C(C)C)C2CCCC2)c1. The molecule has 1 aromatic rings. The fraction of sp³-hybridized carbons (Fsp3) is 0.625. The maximum absolute atomic E-state index is 13.1. The van der Waals surface area contributed by atoms with E-state index < -0.39 is 10.0 Å². The quantitative estimate of drug-likeness (QED) is 0.850. The lowest BCUT2D eigenvalue weighted by molar-refractivity contribution is 0.275. The molecule has 0 aromatic heterocycles. The van der Waals surface area contributed by atoms with E-state index in [0.29, 0.717) is 4.90 Å². The van der Waals surface area contributed by atoms with Gasteiger partial charge in [-0.1, -0.05) is 25.0 Å². The van der Waals surface area contributed by atoms with Crippen LogP contribution in [0.25, 0.3) is 0 Å². The second-order valence-electron chi connectivity index (χ2n) is 6.14. The van der Waals surface area contributed by atoms with Gasteiger partial charge in [-0.3, -0.25) is 0 Å². The summed E-state index contributed by atoms with van der Waals surface area (Å²) in [5, 5.41) is 0. The number of aryl methyl sites for hydroxylation is 2. The van der Waals surface area contributed by atoms with Crippen LogP contribution in [-0.2, 0) is 10.0 Å². The Bertz CT molecular complexity index is 572. The Morgan fingerprint density at radius 1 is 1.15 bits per heavy atom. The highest BCUT2D eigenvalue weighted by molar-refractivity contribution is 7.89. The number of hydrogen-bond donors (Lipinski definition) is 0. The minimum atomic E-state index is -3.40. The van der Waals surface area contributed by atoms with Gasteiger partial charge in [-0.05, 0) is 57.7 Å². The van der Waals surface area contributed by atoms with Crippen LogP contribution < -0.4 is 0 Å². The van der Waals surface area contributed by atoms with Crippen molar-refractivity contribution in [1.29, 1.82) is 0 Å². The van der Waals surface area contributed by atoms with E-state index in [1.165, 1.54) is 0 Å². The number of nitrogens with zero attached hydrogens (tertiary/aromatic N) is 1. The van der Waals surface area contributed by atoms with Crippen molar-refractivity contribution in [3.05, 3.63) is 29.3 Å². The van der Waals surface area contributed by atoms with Crippen molar-refractivity contribution in [2.24, 2.45) is 0 Å². The van der Waals surface area contributed by atoms with Crippen molar-refractivity contribution in [2.45, 2.75) is 70.4 Å². The smallest absolute Gasteiger partial charge is 0.207 e. The fourth-order valence-corrected chi connectivity index (χ4v) is 5.35. The summed E-state index contributed by atoms with van der Waals surface area (Å²) in [6.45, 7) is 7.76. The first-order chi connectivity index (χ1) is 9.34. The van der Waals surface area contributed by atoms with Gasteiger partial charge in [-0.2, -0.15) is 4.31 Å². The largest absolute Gasteiger partial charge is 0.243 e. The molecule has 112 valence electrons. The van der Waals surface area contributed by atoms with E-state index in [-0.39, 0.29) is 12.1 Å². The number of rotatable bonds is 4. The molecular weight excluding hydrogens is 270 g/mol. The summed E-state index contributed by atoms with van der Waals surface area (Å²) < 4.78 is 27.9. The molecule has 0 atom stereocenters. The molecular formula is C16H25NO2S. The minimum absolute atomic E-state index is 0.00279. The minimum Gasteiger partial charge on any atom is -0.207 e. The zero-order valence-electron chi connectivity index (χ0n) is 12.9. The van der Waals surface area contributed by atoms with Gasteiger partial charge in [-0.25, -0.2) is 8.42 Å². The van der Waals surface area contributed by atoms with E-state index >= 15 is 0 Å². The normalized spacial score (nSPS) is 17.3. The van der Waals surface area contributed by atoms with Crippen LogP contribution in [0.3, 0.4) is 0 Å². The van der Waals surface area contributed by atoms with Crippen LogP contribution in [-0.4, -0.2) is 24.8 Å². The third-order valence-electron chi connectivity index (χ3n) is 4.09. The molecule has 2 rings (SSSR count). The Balaban J connectivity index is 2.47. The molecule has 1 fully saturated rings. The molecule has 1 aromatic carbocycles. The molecule has 20 heavy (non-hydrogen) atoms. The van der Waals surface area contributed by atoms with Gasteiger partial charge in [0.2, 0.25) is 10.0 Å². The van der Waals surface area contributed by atoms with Gasteiger partial charge >= 0.3 is 0 Å². The average Bonchev–Trinajstić information content (AvgIpc) is 2.84. The van der Waals surface area contributed by atoms with Gasteiger partial charge in [0.15, 0.2) is 0 Å². The molecule has 0 bridgehead atoms. The highest BCUT2D eigenvalue weighted by Crippen LogP contribution is 2.31. The molecule has 1 aliphatic carbocycles. The first-order valence-electron chi connectivity index (χ1n) is 7.45. The molecule has 1 aliphatic rings. The maximum Gasteiger partial charge on any atom is 0.243 e. The summed E-state index contributed by atoms with van der Waals surface area (Å²) >= 11 is 0. The second-order valence-corrected chi connectivity index (χ2v) is 7.95. The fourth-order valence-electron chi connectivity index (χ4n) is 3.15. The lowest BCUT2D eigenvalue weighted by Crippen LogP contribution is -2.43. The summed E-state index contributed by atoms with van der Waals surface area (Å²) in [4.78, 5) is 0.470. The monoisotopic (exact) mass is 295 g/mol. The van der Waals surface area contributed by atoms with Crippen LogP contribution in [0.5, 0.6) is 0 Å². The summed E-state index contributed by atoms with van der Waals surface area (Å²) in [6.07, 6.45) is 4.25. The van der Waals surface area contributed by atoms with E-state index in [1.54, 1.807) is 10.4 Å². The summed E-state index contributed by atoms with van der Waals surface area (Å²) in [7, 11) is -3.40. The number of hydrogen-bond acceptors (Lipinski definition) is 2. The topological polar surface area (TPSA) is 37.4 Å². The Labute approximate surface area is 123 Å². The lowest BCUT2D eigenvalue weighted by Gasteiger charge is -2.32. The standard InChI is InChI=1S/C16H25NO2S/c1-12(2)17(15-7-5-6-8-15)20(18,19)16-11-13(3)9-10-14(16)4/h9-12,15H,5-8H2,1-4H3. The zero-order valence-corrected chi connectivity index (χ0v) is 13.7. The molecule has 0 unspecified atom stereocenters. The molecule has 0 radical (unpaired) electrons. The van der Waals surface area contributed by atoms with Gasteiger partial charge in [0.1, 0.15) is 0 Å². The molecule has 0 aliphatic heterocycles. The predicted molar refractivity (Wildman–Crippen MR) is 82.3 cm³/mol. The molecule has 0 saturated heterocycles. The van der Waals surface area contributed by atoms with Crippen LogP contribution in [0.15, 0.2) is 23.1 Å². The molecule has 0 N–H and O–H groups in total. The molecule has 4 heteroatoms. The summed E-state index contributed by atoms with van der Waals surface area (Å²) in [6, 6.07) is 5.83. The molecule has 1 saturated carbocycles. The third kappa shape index (κ3) is 2.91. The molecule has 3 nitrogen and oxygen atoms in total. The van der Waals surface area contributed by atoms with Crippen LogP contribution in [0.2, 0.25) is 0 Å². The second kappa shape index (κ2) is 5.86. The van der Waals surface area contributed by atoms with Gasteiger partial charge in [-0.15, -0.1) is 0 Å². The van der Waals surface area contributed by atoms with Crippen molar-refractivity contribution in [3.8, 4) is 0 Å². The molecule has 0 heterocycles. The van der Waals surface area contributed by atoms with E-state index in [4.69, 9.17) is 0 Å². The Morgan fingerprint density at radius 2 is 1.75 bits per heavy atom. The highest BCUT2D eigenvalue weighted by atomic mass is 32.2. The Kier molecular flexibility index (Phi) is 4.55. The van der Waals surface area contributed by atoms with E-state index in [1.807, 2.05) is 39.8 Å². The Morgan fingerprint density at radius 3 is 2.30 bits per heavy atom. The Hall–Kier alpha value is -0.870. The first-order valence-corrected chi connectivity index (χ1v) is 8.89. The van der Waals surface area contributed by atoms with Gasteiger partial charge in [0.25, 0.3) is 0 Å². The van der Waals surface area contributed by atoms with Gasteiger partial charge < -0.3 is 0 Å². The highest BCUT2D eigenvalue weighted by Gasteiger charge is 2.35. The van der Waals surface area contributed by atoms with E-state index in [2.05, 4.69) is 0 Å². The number of benzene rings is 1. The van der Waals surface area contributed by atoms with Crippen molar-refractivity contribution in [2.75, 3.05) is 0 Å². The molecule has 0 amide bonds. The van der Waals surface area contributed by atoms with Gasteiger partial charge in [0, 0.05) is 12.1 Å². The molecule has 0 spiro atoms. The van der Waals surface area contributed by atoms with Crippen LogP contribution >= 0.6 is 0 Å². The lowest BCUT2D eigenvalue weighted by atomic mass is 10.2. The van der Waals surface area contributed by atoms with Crippen molar-refractivity contribution in [3.63, 3.8) is 0 Å². The van der Waals surface area contributed by atoms with E-state index in [0.717, 1.165) is 36.8 Å². The zero-order chi connectivity index (χ0) is 14.9. The average molecular weight is 295 g/mol. The van der Waals surface area contributed by atoms with Crippen LogP contribution in [0.1, 0.15) is 50.7 Å². The van der Waals surface area contributed by atoms with E-state index in [9.17, 15) is 8.42 Å². The first kappa shape index (κ1) is 15.5. The summed E-state index contributed by atoms with van der Waals surface area (Å²) in [5.41, 5.74) is 1.82. The summed E-state index contributed by atoms with van der Waals surface area (Å²) in [5.74, 6) is 0. The van der Waals surface area contributed by atoms with Crippen LogP contribution in [0, 0.1) is 13.8 Å². The third-order valence-corrected chi connectivity index (χ3v) is 6.36. The van der Waals surface area contributed by atoms with Crippen molar-refractivity contribution in [1.82, 2.24) is 4.31 Å². The van der Waals surface area contributed by atoms with Crippen LogP contribution in [0.4, 0.5) is 0 Å². The van der Waals surface area contributed by atoms with Crippen molar-refractivity contribution >= 4 is 10.0 Å². The maximum atomic E-state index is 13.1. The predicted octanol–water partition coefficient (Wildman–Crippen LogP) is 3.65. The number of sulfonamides is 1. The van der Waals surface area contributed by atoms with Gasteiger partial charge in [0.05, 0.1) is 4.90 Å².